The van der Waals surface area contributed by atoms with Gasteiger partial charge in [-0.15, -0.1) is 0 Å². The molecule has 9 heteroatoms. The number of nitrogens with one attached hydrogen (secondary N) is 3. The van der Waals surface area contributed by atoms with Crippen molar-refractivity contribution in [3.63, 3.8) is 0 Å². The summed E-state index contributed by atoms with van der Waals surface area (Å²) in [5.74, 6) is -1.05. The van der Waals surface area contributed by atoms with Crippen molar-refractivity contribution in [2.75, 3.05) is 5.32 Å². The Morgan fingerprint density at radius 2 is 1.58 bits per heavy atom. The average Bonchev–Trinajstić information content (AvgIpc) is 2.86. The van der Waals surface area contributed by atoms with Gasteiger partial charge in [0.25, 0.3) is 5.91 Å². The summed E-state index contributed by atoms with van der Waals surface area (Å²) in [5, 5.41) is 14.7. The van der Waals surface area contributed by atoms with Gasteiger partial charge in [-0.2, -0.15) is 5.26 Å². The van der Waals surface area contributed by atoms with E-state index < -0.39 is 33.4 Å². The molecule has 1 atom stereocenters. The minimum absolute atomic E-state index is 0.162. The van der Waals surface area contributed by atoms with Crippen LogP contribution in [0, 0.1) is 17.2 Å². The molecule has 2 amide bonds. The highest BCUT2D eigenvalue weighted by atomic mass is 32.2. The molecule has 0 saturated carbocycles. The van der Waals surface area contributed by atoms with E-state index in [1.807, 2.05) is 19.9 Å². The Hall–Kier alpha value is -4.00. The van der Waals surface area contributed by atoms with Gasteiger partial charge >= 0.3 is 0 Å². The highest BCUT2D eigenvalue weighted by Crippen LogP contribution is 2.29. The minimum atomic E-state index is -3.76. The molecule has 0 aromatic heterocycles. The van der Waals surface area contributed by atoms with Gasteiger partial charge in [-0.3, -0.25) is 9.59 Å². The molecule has 198 valence electrons. The molecule has 0 bridgehead atoms. The first-order chi connectivity index (χ1) is 17.8. The number of benzene rings is 3. The second-order valence-corrected chi connectivity index (χ2v) is 12.0. The minimum Gasteiger partial charge on any atom is -0.340 e. The van der Waals surface area contributed by atoms with Crippen LogP contribution in [0.25, 0.3) is 11.1 Å². The van der Waals surface area contributed by atoms with Gasteiger partial charge in [0.15, 0.2) is 0 Å². The van der Waals surface area contributed by atoms with Crippen molar-refractivity contribution in [1.82, 2.24) is 10.0 Å². The van der Waals surface area contributed by atoms with E-state index in [0.29, 0.717) is 27.9 Å². The Labute approximate surface area is 224 Å². The largest absolute Gasteiger partial charge is 0.340 e. The fourth-order valence-corrected chi connectivity index (χ4v) is 5.49. The van der Waals surface area contributed by atoms with E-state index in [2.05, 4.69) is 15.4 Å². The number of nitrogens with zero attached hydrogens (tertiary/aromatic N) is 1. The molecule has 0 aliphatic heterocycles. The number of hydrogen-bond acceptors (Lipinski definition) is 5. The Balaban J connectivity index is 1.78. The molecule has 0 saturated heterocycles. The maximum absolute atomic E-state index is 13.1. The lowest BCUT2D eigenvalue weighted by Crippen LogP contribution is -2.47. The van der Waals surface area contributed by atoms with E-state index in [1.54, 1.807) is 87.5 Å². The third-order valence-electron chi connectivity index (χ3n) is 5.57. The molecule has 3 aromatic carbocycles. The molecule has 3 N–H and O–H groups in total. The first kappa shape index (κ1) is 28.6. The van der Waals surface area contributed by atoms with Crippen LogP contribution in [0.2, 0.25) is 0 Å². The van der Waals surface area contributed by atoms with E-state index in [9.17, 15) is 18.0 Å². The maximum Gasteiger partial charge on any atom is 0.251 e. The topological polar surface area (TPSA) is 128 Å². The number of anilines is 1. The standard InChI is InChI=1S/C29H32N4O4S/c1-19(2)26(32-27(34)22-10-8-9-20(17-22)18-30)28(35)31-23-15-13-21(14-16-23)24-11-6-7-12-25(24)38(36,37)33-29(3,4)5/h6-17,19,26,33H,1-5H3,(H,31,35)(H,32,34)/t26-/m0/s1. The molecule has 0 aliphatic rings. The second kappa shape index (κ2) is 11.6. The smallest absolute Gasteiger partial charge is 0.251 e. The Bertz CT molecular complexity index is 1470. The number of hydrogen-bond donors (Lipinski definition) is 3. The van der Waals surface area contributed by atoms with Gasteiger partial charge in [-0.1, -0.05) is 50.2 Å². The number of carbonyl (C=O) groups is 2. The molecular formula is C29H32N4O4S. The Morgan fingerprint density at radius 1 is 0.921 bits per heavy atom. The van der Waals surface area contributed by atoms with E-state index >= 15 is 0 Å². The molecule has 38 heavy (non-hydrogen) atoms. The van der Waals surface area contributed by atoms with Crippen molar-refractivity contribution < 1.29 is 18.0 Å². The molecule has 8 nitrogen and oxygen atoms in total. The quantitative estimate of drug-likeness (QED) is 0.388. The third-order valence-corrected chi connectivity index (χ3v) is 7.39. The van der Waals surface area contributed by atoms with Crippen LogP contribution in [-0.2, 0) is 14.8 Å². The summed E-state index contributed by atoms with van der Waals surface area (Å²) in [6, 6.07) is 21.0. The van der Waals surface area contributed by atoms with Crippen LogP contribution < -0.4 is 15.4 Å². The van der Waals surface area contributed by atoms with Crippen LogP contribution in [-0.4, -0.2) is 31.8 Å². The lowest BCUT2D eigenvalue weighted by atomic mass is 10.0. The second-order valence-electron chi connectivity index (χ2n) is 10.3. The lowest BCUT2D eigenvalue weighted by molar-refractivity contribution is -0.118. The first-order valence-corrected chi connectivity index (χ1v) is 13.6. The van der Waals surface area contributed by atoms with Gasteiger partial charge < -0.3 is 10.6 Å². The Morgan fingerprint density at radius 3 is 2.18 bits per heavy atom. The van der Waals surface area contributed by atoms with Crippen molar-refractivity contribution in [2.24, 2.45) is 5.92 Å². The number of amides is 2. The van der Waals surface area contributed by atoms with Crippen molar-refractivity contribution in [3.05, 3.63) is 83.9 Å². The van der Waals surface area contributed by atoms with Crippen LogP contribution in [0.1, 0.15) is 50.5 Å². The average molecular weight is 533 g/mol. The van der Waals surface area contributed by atoms with E-state index in [-0.39, 0.29) is 10.8 Å². The molecule has 0 spiro atoms. The lowest BCUT2D eigenvalue weighted by Gasteiger charge is -2.22. The predicted molar refractivity (Wildman–Crippen MR) is 148 cm³/mol. The number of rotatable bonds is 8. The predicted octanol–water partition coefficient (Wildman–Crippen LogP) is 4.70. The highest BCUT2D eigenvalue weighted by molar-refractivity contribution is 7.89. The molecule has 3 aromatic rings. The van der Waals surface area contributed by atoms with Gasteiger partial charge in [0.2, 0.25) is 15.9 Å². The van der Waals surface area contributed by atoms with Crippen molar-refractivity contribution in [2.45, 2.75) is 51.1 Å². The summed E-state index contributed by atoms with van der Waals surface area (Å²) in [4.78, 5) is 25.9. The maximum atomic E-state index is 13.1. The molecule has 0 radical (unpaired) electrons. The molecule has 0 fully saturated rings. The van der Waals surface area contributed by atoms with Crippen LogP contribution in [0.4, 0.5) is 5.69 Å². The SMILES string of the molecule is CC(C)[C@H](NC(=O)c1cccc(C#N)c1)C(=O)Nc1ccc(-c2ccccc2S(=O)(=O)NC(C)(C)C)cc1. The van der Waals surface area contributed by atoms with Gasteiger partial charge in [0, 0.05) is 22.4 Å². The zero-order valence-electron chi connectivity index (χ0n) is 22.1. The van der Waals surface area contributed by atoms with Gasteiger partial charge in [-0.05, 0) is 68.7 Å². The van der Waals surface area contributed by atoms with Gasteiger partial charge in [-0.25, -0.2) is 13.1 Å². The molecular weight excluding hydrogens is 500 g/mol. The van der Waals surface area contributed by atoms with Crippen LogP contribution in [0.3, 0.4) is 0 Å². The number of nitriles is 1. The van der Waals surface area contributed by atoms with Crippen LogP contribution in [0.5, 0.6) is 0 Å². The number of sulfonamides is 1. The Kier molecular flexibility index (Phi) is 8.71. The zero-order chi connectivity index (χ0) is 28.1. The van der Waals surface area contributed by atoms with Crippen LogP contribution >= 0.6 is 0 Å². The normalized spacial score (nSPS) is 12.4. The summed E-state index contributed by atoms with van der Waals surface area (Å²) < 4.78 is 28.7. The number of carbonyl (C=O) groups excluding carboxylic acids is 2. The summed E-state index contributed by atoms with van der Waals surface area (Å²) in [5.41, 5.74) is 1.71. The van der Waals surface area contributed by atoms with Gasteiger partial charge in [0.1, 0.15) is 6.04 Å². The highest BCUT2D eigenvalue weighted by Gasteiger charge is 2.26. The first-order valence-electron chi connectivity index (χ1n) is 12.2. The van der Waals surface area contributed by atoms with E-state index in [0.717, 1.165) is 0 Å². The molecule has 0 aliphatic carbocycles. The van der Waals surface area contributed by atoms with E-state index in [1.165, 1.54) is 6.07 Å². The van der Waals surface area contributed by atoms with Crippen molar-refractivity contribution >= 4 is 27.5 Å². The summed E-state index contributed by atoms with van der Waals surface area (Å²) in [7, 11) is -3.76. The summed E-state index contributed by atoms with van der Waals surface area (Å²) in [6.07, 6.45) is 0. The van der Waals surface area contributed by atoms with Crippen molar-refractivity contribution in [3.8, 4) is 17.2 Å². The fraction of sp³-hybridized carbons (Fsp3) is 0.276. The molecule has 0 heterocycles. The van der Waals surface area contributed by atoms with E-state index in [4.69, 9.17) is 5.26 Å². The van der Waals surface area contributed by atoms with Gasteiger partial charge in [0.05, 0.1) is 16.5 Å². The monoisotopic (exact) mass is 532 g/mol. The fourth-order valence-electron chi connectivity index (χ4n) is 3.84. The molecule has 0 unspecified atom stereocenters. The third kappa shape index (κ3) is 7.28. The zero-order valence-corrected chi connectivity index (χ0v) is 22.9. The van der Waals surface area contributed by atoms with Crippen molar-refractivity contribution in [1.29, 1.82) is 5.26 Å². The molecule has 3 rings (SSSR count). The van der Waals surface area contributed by atoms with Crippen LogP contribution in [0.15, 0.2) is 77.7 Å². The summed E-state index contributed by atoms with van der Waals surface area (Å²) >= 11 is 0. The summed E-state index contributed by atoms with van der Waals surface area (Å²) in [6.45, 7) is 8.98.